The number of amides is 1. The number of rotatable bonds is 4. The molecule has 148 valence electrons. The van der Waals surface area contributed by atoms with Crippen LogP contribution in [0.1, 0.15) is 49.4 Å². The number of ether oxygens (including phenoxy) is 1. The maximum atomic E-state index is 13.2. The van der Waals surface area contributed by atoms with Crippen molar-refractivity contribution in [2.45, 2.75) is 39.7 Å². The molecule has 3 heterocycles. The highest BCUT2D eigenvalue weighted by molar-refractivity contribution is 5.93. The Labute approximate surface area is 165 Å². The number of allylic oxidation sites excluding steroid dienone is 2. The van der Waals surface area contributed by atoms with E-state index in [1.807, 2.05) is 28.8 Å². The Morgan fingerprint density at radius 1 is 1.36 bits per heavy atom. The first-order valence-corrected chi connectivity index (χ1v) is 10.3. The monoisotopic (exact) mass is 380 g/mol. The van der Waals surface area contributed by atoms with Crippen LogP contribution in [0.5, 0.6) is 0 Å². The van der Waals surface area contributed by atoms with Gasteiger partial charge in [0.2, 0.25) is 5.82 Å². The molecule has 2 atom stereocenters. The fraction of sp³-hybridized carbons (Fsp3) is 0.545. The van der Waals surface area contributed by atoms with Crippen LogP contribution in [-0.4, -0.2) is 46.5 Å². The molecule has 1 aliphatic heterocycles. The van der Waals surface area contributed by atoms with Gasteiger partial charge in [-0.25, -0.2) is 4.98 Å². The van der Waals surface area contributed by atoms with Crippen molar-refractivity contribution in [1.82, 2.24) is 19.6 Å². The van der Waals surface area contributed by atoms with E-state index >= 15 is 0 Å². The van der Waals surface area contributed by atoms with Gasteiger partial charge in [0, 0.05) is 36.9 Å². The van der Waals surface area contributed by atoms with E-state index in [9.17, 15) is 4.79 Å². The lowest BCUT2D eigenvalue weighted by atomic mass is 9.85. The van der Waals surface area contributed by atoms with Gasteiger partial charge in [-0.05, 0) is 44.2 Å². The van der Waals surface area contributed by atoms with Crippen LogP contribution in [0.15, 0.2) is 35.7 Å². The first kappa shape index (κ1) is 17.9. The maximum Gasteiger partial charge on any atom is 0.291 e. The van der Waals surface area contributed by atoms with E-state index in [4.69, 9.17) is 9.72 Å². The second kappa shape index (κ2) is 6.71. The molecule has 1 N–H and O–H groups in total. The molecule has 2 unspecified atom stereocenters. The first-order valence-electron chi connectivity index (χ1n) is 10.3. The van der Waals surface area contributed by atoms with Gasteiger partial charge in [-0.15, -0.1) is 0 Å². The summed E-state index contributed by atoms with van der Waals surface area (Å²) in [7, 11) is 0. The molecule has 1 saturated heterocycles. The molecular weight excluding hydrogens is 352 g/mol. The molecule has 5 rings (SSSR count). The third-order valence-electron chi connectivity index (χ3n) is 6.90. The second-order valence-electron chi connectivity index (χ2n) is 8.74. The van der Waals surface area contributed by atoms with E-state index in [1.165, 1.54) is 18.4 Å². The van der Waals surface area contributed by atoms with Gasteiger partial charge in [0.15, 0.2) is 0 Å². The maximum absolute atomic E-state index is 13.2. The van der Waals surface area contributed by atoms with Gasteiger partial charge < -0.3 is 10.1 Å². The van der Waals surface area contributed by atoms with E-state index < -0.39 is 0 Å². The van der Waals surface area contributed by atoms with Crippen molar-refractivity contribution < 1.29 is 9.53 Å². The number of carbonyl (C=O) groups is 1. The average molecular weight is 380 g/mol. The van der Waals surface area contributed by atoms with Crippen molar-refractivity contribution in [2.75, 3.05) is 26.3 Å². The third-order valence-corrected chi connectivity index (χ3v) is 6.90. The predicted octanol–water partition coefficient (Wildman–Crippen LogP) is 2.99. The van der Waals surface area contributed by atoms with Crippen molar-refractivity contribution in [3.63, 3.8) is 0 Å². The first-order chi connectivity index (χ1) is 13.5. The van der Waals surface area contributed by atoms with Crippen LogP contribution in [0.25, 0.3) is 5.52 Å². The SMILES string of the molecule is CC1=C(NC(=O)c2nc(CN3CCOCC3)c3ccccn23)C2(C)CCC1C2. The number of aromatic nitrogens is 2. The van der Waals surface area contributed by atoms with E-state index in [-0.39, 0.29) is 11.3 Å². The minimum absolute atomic E-state index is 0.0995. The van der Waals surface area contributed by atoms with Crippen molar-refractivity contribution in [1.29, 1.82) is 0 Å². The molecule has 1 saturated carbocycles. The lowest BCUT2D eigenvalue weighted by molar-refractivity contribution is 0.0338. The van der Waals surface area contributed by atoms with Gasteiger partial charge in [-0.1, -0.05) is 18.6 Å². The summed E-state index contributed by atoms with van der Waals surface area (Å²) in [5.41, 5.74) is 4.57. The van der Waals surface area contributed by atoms with Crippen molar-refractivity contribution in [3.05, 3.63) is 47.2 Å². The van der Waals surface area contributed by atoms with Crippen LogP contribution >= 0.6 is 0 Å². The summed E-state index contributed by atoms with van der Waals surface area (Å²) in [4.78, 5) is 20.3. The summed E-state index contributed by atoms with van der Waals surface area (Å²) in [6.45, 7) is 8.52. The number of nitrogens with zero attached hydrogens (tertiary/aromatic N) is 3. The Morgan fingerprint density at radius 3 is 2.93 bits per heavy atom. The Bertz CT molecular complexity index is 957. The zero-order valence-corrected chi connectivity index (χ0v) is 16.7. The third kappa shape index (κ3) is 2.86. The van der Waals surface area contributed by atoms with Crippen molar-refractivity contribution in [3.8, 4) is 0 Å². The van der Waals surface area contributed by atoms with Gasteiger partial charge >= 0.3 is 0 Å². The largest absolute Gasteiger partial charge is 0.379 e. The molecule has 0 radical (unpaired) electrons. The Kier molecular flexibility index (Phi) is 4.29. The Morgan fingerprint density at radius 2 is 2.18 bits per heavy atom. The molecule has 2 bridgehead atoms. The zero-order valence-electron chi connectivity index (χ0n) is 16.7. The smallest absolute Gasteiger partial charge is 0.291 e. The van der Waals surface area contributed by atoms with E-state index in [0.29, 0.717) is 11.7 Å². The van der Waals surface area contributed by atoms with Crippen molar-refractivity contribution in [2.24, 2.45) is 11.3 Å². The molecular formula is C22H28N4O2. The molecule has 3 aliphatic rings. The number of hydrogen-bond acceptors (Lipinski definition) is 4. The summed E-state index contributed by atoms with van der Waals surface area (Å²) >= 11 is 0. The number of fused-ring (bicyclic) bond motifs is 3. The normalized spacial score (nSPS) is 27.7. The van der Waals surface area contributed by atoms with Gasteiger partial charge in [0.25, 0.3) is 5.91 Å². The van der Waals surface area contributed by atoms with Crippen molar-refractivity contribution >= 4 is 11.4 Å². The van der Waals surface area contributed by atoms with E-state index in [2.05, 4.69) is 24.1 Å². The molecule has 2 aromatic rings. The number of hydrogen-bond donors (Lipinski definition) is 1. The summed E-state index contributed by atoms with van der Waals surface area (Å²) in [5, 5.41) is 3.25. The van der Waals surface area contributed by atoms with Gasteiger partial charge in [0.1, 0.15) is 0 Å². The summed E-state index contributed by atoms with van der Waals surface area (Å²) < 4.78 is 7.38. The van der Waals surface area contributed by atoms with E-state index in [1.54, 1.807) is 0 Å². The van der Waals surface area contributed by atoms with Crippen LogP contribution in [0.2, 0.25) is 0 Å². The topological polar surface area (TPSA) is 58.9 Å². The minimum atomic E-state index is -0.0995. The van der Waals surface area contributed by atoms with Gasteiger partial charge in [-0.3, -0.25) is 14.1 Å². The summed E-state index contributed by atoms with van der Waals surface area (Å²) in [6.07, 6.45) is 5.51. The highest BCUT2D eigenvalue weighted by Crippen LogP contribution is 2.55. The highest BCUT2D eigenvalue weighted by Gasteiger charge is 2.47. The molecule has 2 fully saturated rings. The van der Waals surface area contributed by atoms with Crippen LogP contribution in [0, 0.1) is 11.3 Å². The molecule has 28 heavy (non-hydrogen) atoms. The molecule has 1 amide bonds. The van der Waals surface area contributed by atoms with Crippen LogP contribution in [0.4, 0.5) is 0 Å². The number of morpholine rings is 1. The molecule has 2 aromatic heterocycles. The van der Waals surface area contributed by atoms with Crippen LogP contribution in [-0.2, 0) is 11.3 Å². The number of carbonyl (C=O) groups excluding carboxylic acids is 1. The van der Waals surface area contributed by atoms with Crippen LogP contribution in [0.3, 0.4) is 0 Å². The number of nitrogens with one attached hydrogen (secondary N) is 1. The lowest BCUT2D eigenvalue weighted by Crippen LogP contribution is -2.35. The highest BCUT2D eigenvalue weighted by atomic mass is 16.5. The molecule has 2 aliphatic carbocycles. The number of imidazole rings is 1. The molecule has 6 heteroatoms. The summed E-state index contributed by atoms with van der Waals surface area (Å²) in [5.74, 6) is 1.01. The predicted molar refractivity (Wildman–Crippen MR) is 107 cm³/mol. The fourth-order valence-electron chi connectivity index (χ4n) is 5.29. The molecule has 0 spiro atoms. The minimum Gasteiger partial charge on any atom is -0.379 e. The Balaban J connectivity index is 1.45. The molecule has 6 nitrogen and oxygen atoms in total. The Hall–Kier alpha value is -2.18. The standard InChI is InChI=1S/C22H28N4O2/c1-15-16-6-7-22(2,13-16)19(15)24-21(27)20-23-17(14-25-9-11-28-12-10-25)18-5-3-4-8-26(18)20/h3-5,8,16H,6-7,9-14H2,1-2H3,(H,24,27). The van der Waals surface area contributed by atoms with E-state index in [0.717, 1.165) is 56.2 Å². The zero-order chi connectivity index (χ0) is 19.3. The van der Waals surface area contributed by atoms with Crippen LogP contribution < -0.4 is 5.32 Å². The van der Waals surface area contributed by atoms with Gasteiger partial charge in [-0.2, -0.15) is 0 Å². The fourth-order valence-corrected chi connectivity index (χ4v) is 5.29. The lowest BCUT2D eigenvalue weighted by Gasteiger charge is -2.27. The quantitative estimate of drug-likeness (QED) is 0.886. The second-order valence-corrected chi connectivity index (χ2v) is 8.74. The number of pyridine rings is 1. The average Bonchev–Trinajstić information content (AvgIpc) is 3.34. The van der Waals surface area contributed by atoms with Gasteiger partial charge in [0.05, 0.1) is 24.4 Å². The molecule has 0 aromatic carbocycles. The summed E-state index contributed by atoms with van der Waals surface area (Å²) in [6, 6.07) is 6.00.